The summed E-state index contributed by atoms with van der Waals surface area (Å²) in [6.45, 7) is 0. The Bertz CT molecular complexity index is 1080. The maximum Gasteiger partial charge on any atom is 0.332 e. The van der Waals surface area contributed by atoms with Gasteiger partial charge in [0.15, 0.2) is 0 Å². The number of allylic oxidation sites excluding steroid dienone is 5. The maximum absolute atomic E-state index is 13.5. The normalized spacial score (nSPS) is 24.1. The highest BCUT2D eigenvalue weighted by atomic mass is 35.5. The van der Waals surface area contributed by atoms with E-state index in [2.05, 4.69) is 0 Å². The van der Waals surface area contributed by atoms with Crippen molar-refractivity contribution in [3.05, 3.63) is 64.4 Å². The molecular formula is C24H24ClN3O4. The number of carbonyl (C=O) groups is 4. The summed E-state index contributed by atoms with van der Waals surface area (Å²) in [7, 11) is 4.66. The Morgan fingerprint density at radius 3 is 2.31 bits per heavy atom. The van der Waals surface area contributed by atoms with E-state index in [1.54, 1.807) is 0 Å². The van der Waals surface area contributed by atoms with Crippen molar-refractivity contribution in [3.8, 4) is 0 Å². The van der Waals surface area contributed by atoms with Gasteiger partial charge in [0.2, 0.25) is 11.8 Å². The van der Waals surface area contributed by atoms with E-state index in [-0.39, 0.29) is 11.5 Å². The SMILES string of the molecule is CN1C(=O)N(C)C(=O)C2(C/C(=C\N(C)c3ccccc3)C=C3C(Cl)=C(C=O)CC[C@@H]32)C1=O. The number of hydrogen-bond donors (Lipinski definition) is 0. The van der Waals surface area contributed by atoms with Gasteiger partial charge < -0.3 is 4.90 Å². The number of barbiturate groups is 1. The van der Waals surface area contributed by atoms with Crippen LogP contribution in [0.3, 0.4) is 0 Å². The number of para-hydroxylation sites is 1. The molecule has 4 amide bonds. The molecule has 3 aliphatic rings. The number of nitrogens with zero attached hydrogens (tertiary/aromatic N) is 3. The number of aldehydes is 1. The molecule has 0 N–H and O–H groups in total. The molecule has 0 unspecified atom stereocenters. The zero-order valence-electron chi connectivity index (χ0n) is 18.2. The van der Waals surface area contributed by atoms with Gasteiger partial charge >= 0.3 is 6.03 Å². The van der Waals surface area contributed by atoms with Crippen LogP contribution >= 0.6 is 11.6 Å². The first kappa shape index (κ1) is 22.0. The number of carbonyl (C=O) groups excluding carboxylic acids is 4. The Labute approximate surface area is 191 Å². The number of rotatable bonds is 3. The fourth-order valence-corrected chi connectivity index (χ4v) is 5.32. The Balaban J connectivity index is 1.89. The molecule has 1 aromatic carbocycles. The van der Waals surface area contributed by atoms with Gasteiger partial charge in [-0.2, -0.15) is 0 Å². The Morgan fingerprint density at radius 1 is 1.09 bits per heavy atom. The third-order valence-electron chi connectivity index (χ3n) is 6.64. The van der Waals surface area contributed by atoms with Crippen LogP contribution in [0.1, 0.15) is 19.3 Å². The number of imide groups is 2. The van der Waals surface area contributed by atoms with Crippen LogP contribution in [0.4, 0.5) is 10.5 Å². The molecule has 1 atom stereocenters. The van der Waals surface area contributed by atoms with E-state index in [4.69, 9.17) is 11.6 Å². The van der Waals surface area contributed by atoms with E-state index in [0.717, 1.165) is 21.8 Å². The Morgan fingerprint density at radius 2 is 1.72 bits per heavy atom. The molecule has 1 saturated heterocycles. The van der Waals surface area contributed by atoms with Gasteiger partial charge in [-0.3, -0.25) is 24.2 Å². The molecule has 166 valence electrons. The van der Waals surface area contributed by atoms with Gasteiger partial charge in [0.25, 0.3) is 0 Å². The number of urea groups is 1. The molecule has 0 radical (unpaired) electrons. The lowest BCUT2D eigenvalue weighted by Crippen LogP contribution is -2.66. The van der Waals surface area contributed by atoms with Crippen LogP contribution in [0.5, 0.6) is 0 Å². The standard InChI is InChI=1S/C24H24ClN3O4/c1-26(17-7-5-4-6-8-17)13-15-11-18-19(10-9-16(14-29)20(18)25)24(12-15)21(30)27(2)23(32)28(3)22(24)31/h4-8,11,13-14,19H,9-10,12H2,1-3H3/b15-13-/t19-/m0/s1. The van der Waals surface area contributed by atoms with E-state index in [1.807, 2.05) is 54.6 Å². The average Bonchev–Trinajstić information content (AvgIpc) is 2.81. The predicted molar refractivity (Wildman–Crippen MR) is 121 cm³/mol. The zero-order chi connectivity index (χ0) is 23.2. The third-order valence-corrected chi connectivity index (χ3v) is 7.10. The van der Waals surface area contributed by atoms with Gasteiger partial charge in [-0.1, -0.05) is 35.9 Å². The van der Waals surface area contributed by atoms with Crippen molar-refractivity contribution < 1.29 is 19.2 Å². The van der Waals surface area contributed by atoms with E-state index in [9.17, 15) is 19.2 Å². The molecule has 8 heteroatoms. The highest BCUT2D eigenvalue weighted by Crippen LogP contribution is 2.54. The topological polar surface area (TPSA) is 78.0 Å². The van der Waals surface area contributed by atoms with Crippen LogP contribution in [-0.4, -0.2) is 55.1 Å². The predicted octanol–water partition coefficient (Wildman–Crippen LogP) is 3.48. The summed E-state index contributed by atoms with van der Waals surface area (Å²) in [4.78, 5) is 55.0. The van der Waals surface area contributed by atoms with Gasteiger partial charge in [-0.15, -0.1) is 0 Å². The molecule has 1 fully saturated rings. The van der Waals surface area contributed by atoms with Crippen molar-refractivity contribution in [1.82, 2.24) is 9.80 Å². The van der Waals surface area contributed by atoms with Gasteiger partial charge in [0, 0.05) is 44.5 Å². The van der Waals surface area contributed by atoms with Crippen molar-refractivity contribution in [3.63, 3.8) is 0 Å². The van der Waals surface area contributed by atoms with Crippen LogP contribution < -0.4 is 4.90 Å². The first-order valence-corrected chi connectivity index (χ1v) is 10.7. The Hall–Kier alpha value is -3.19. The highest BCUT2D eigenvalue weighted by Gasteiger charge is 2.62. The minimum atomic E-state index is -1.49. The molecule has 1 aromatic rings. The van der Waals surface area contributed by atoms with Gasteiger partial charge in [-0.05, 0) is 42.5 Å². The molecule has 32 heavy (non-hydrogen) atoms. The van der Waals surface area contributed by atoms with Crippen LogP contribution in [0.15, 0.2) is 64.4 Å². The van der Waals surface area contributed by atoms with Crippen molar-refractivity contribution in [2.45, 2.75) is 19.3 Å². The maximum atomic E-state index is 13.5. The lowest BCUT2D eigenvalue weighted by Gasteiger charge is -2.49. The summed E-state index contributed by atoms with van der Waals surface area (Å²) in [6, 6.07) is 8.99. The van der Waals surface area contributed by atoms with Gasteiger partial charge in [0.1, 0.15) is 11.7 Å². The van der Waals surface area contributed by atoms with Crippen molar-refractivity contribution in [2.75, 3.05) is 26.0 Å². The first-order valence-electron chi connectivity index (χ1n) is 10.4. The van der Waals surface area contributed by atoms with E-state index in [1.165, 1.54) is 14.1 Å². The van der Waals surface area contributed by atoms with Crippen LogP contribution in [0.2, 0.25) is 0 Å². The lowest BCUT2D eigenvalue weighted by molar-refractivity contribution is -0.161. The van der Waals surface area contributed by atoms with Crippen LogP contribution in [0.25, 0.3) is 0 Å². The molecule has 2 aliphatic carbocycles. The summed E-state index contributed by atoms with van der Waals surface area (Å²) in [5.74, 6) is -1.59. The molecular weight excluding hydrogens is 430 g/mol. The van der Waals surface area contributed by atoms with Crippen molar-refractivity contribution in [2.24, 2.45) is 11.3 Å². The summed E-state index contributed by atoms with van der Waals surface area (Å²) in [5.41, 5.74) is 1.21. The number of benzene rings is 1. The Kier molecular flexibility index (Phi) is 5.54. The number of anilines is 1. The van der Waals surface area contributed by atoms with Crippen LogP contribution in [-0.2, 0) is 14.4 Å². The number of fused-ring (bicyclic) bond motifs is 2. The quantitative estimate of drug-likeness (QED) is 0.517. The lowest BCUT2D eigenvalue weighted by atomic mass is 9.59. The molecule has 1 heterocycles. The minimum absolute atomic E-state index is 0.137. The van der Waals surface area contributed by atoms with Crippen LogP contribution in [0, 0.1) is 11.3 Å². The van der Waals surface area contributed by atoms with Crippen molar-refractivity contribution in [1.29, 1.82) is 0 Å². The second-order valence-corrected chi connectivity index (χ2v) is 8.84. The summed E-state index contributed by atoms with van der Waals surface area (Å²) >= 11 is 6.60. The fraction of sp³-hybridized carbons (Fsp3) is 0.333. The highest BCUT2D eigenvalue weighted by molar-refractivity contribution is 6.34. The van der Waals surface area contributed by atoms with E-state index < -0.39 is 29.2 Å². The molecule has 0 bridgehead atoms. The molecule has 0 aromatic heterocycles. The van der Waals surface area contributed by atoms with E-state index >= 15 is 0 Å². The summed E-state index contributed by atoms with van der Waals surface area (Å²) in [5, 5.41) is 0.284. The van der Waals surface area contributed by atoms with Gasteiger partial charge in [-0.25, -0.2) is 4.79 Å². The van der Waals surface area contributed by atoms with Crippen molar-refractivity contribution >= 4 is 41.4 Å². The molecule has 4 rings (SSSR count). The second kappa shape index (κ2) is 8.06. The monoisotopic (exact) mass is 453 g/mol. The molecule has 0 saturated carbocycles. The van der Waals surface area contributed by atoms with E-state index in [0.29, 0.717) is 29.6 Å². The summed E-state index contributed by atoms with van der Waals surface area (Å²) in [6.07, 6.45) is 5.39. The van der Waals surface area contributed by atoms with Gasteiger partial charge in [0.05, 0.1) is 5.03 Å². The molecule has 1 aliphatic heterocycles. The third kappa shape index (κ3) is 3.19. The fourth-order valence-electron chi connectivity index (χ4n) is 4.99. The molecule has 7 nitrogen and oxygen atoms in total. The first-order chi connectivity index (χ1) is 15.2. The minimum Gasteiger partial charge on any atom is -0.351 e. The average molecular weight is 454 g/mol. The smallest absolute Gasteiger partial charge is 0.332 e. The largest absolute Gasteiger partial charge is 0.351 e. The summed E-state index contributed by atoms with van der Waals surface area (Å²) < 4.78 is 0. The number of hydrogen-bond acceptors (Lipinski definition) is 5. The number of halogens is 1. The number of amides is 4. The molecule has 1 spiro atoms. The zero-order valence-corrected chi connectivity index (χ0v) is 18.9. The second-order valence-electron chi connectivity index (χ2n) is 8.46.